The van der Waals surface area contributed by atoms with Crippen LogP contribution in [0.5, 0.6) is 5.75 Å². The molecule has 0 aromatic heterocycles. The minimum absolute atomic E-state index is 0.117. The van der Waals surface area contributed by atoms with Crippen LogP contribution in [0.25, 0.3) is 0 Å². The predicted octanol–water partition coefficient (Wildman–Crippen LogP) is 4.19. The van der Waals surface area contributed by atoms with Crippen LogP contribution in [0.4, 0.5) is 5.69 Å². The number of hydrogen-bond donors (Lipinski definition) is 2. The Morgan fingerprint density at radius 1 is 1.00 bits per heavy atom. The molecule has 3 rings (SSSR count). The largest absolute Gasteiger partial charge is 0.496 e. The highest BCUT2D eigenvalue weighted by Gasteiger charge is 2.16. The van der Waals surface area contributed by atoms with Crippen LogP contribution in [0.2, 0.25) is 0 Å². The standard InChI is InChI=1S/C21H19BrN2O4S/c1-28-20-12-7-16(22)13-19(20)21(25)24-17-8-10-18(11-9-17)29(26,27)23-14-15-5-3-2-4-6-15/h2-13,23H,14H2,1H3,(H,24,25). The van der Waals surface area contributed by atoms with Crippen LogP contribution in [0.3, 0.4) is 0 Å². The van der Waals surface area contributed by atoms with Gasteiger partial charge in [0.25, 0.3) is 5.91 Å². The van der Waals surface area contributed by atoms with E-state index in [0.717, 1.165) is 10.0 Å². The summed E-state index contributed by atoms with van der Waals surface area (Å²) in [6, 6.07) is 20.3. The third-order valence-electron chi connectivity index (χ3n) is 4.14. The first-order valence-electron chi connectivity index (χ1n) is 8.67. The van der Waals surface area contributed by atoms with Crippen LogP contribution in [-0.2, 0) is 16.6 Å². The van der Waals surface area contributed by atoms with Gasteiger partial charge in [-0.2, -0.15) is 0 Å². The lowest BCUT2D eigenvalue weighted by Crippen LogP contribution is -2.23. The summed E-state index contributed by atoms with van der Waals surface area (Å²) in [4.78, 5) is 12.7. The lowest BCUT2D eigenvalue weighted by Gasteiger charge is -2.11. The topological polar surface area (TPSA) is 84.5 Å². The Labute approximate surface area is 178 Å². The molecule has 0 aliphatic heterocycles. The van der Waals surface area contributed by atoms with E-state index < -0.39 is 10.0 Å². The molecular formula is C21H19BrN2O4S. The van der Waals surface area contributed by atoms with Gasteiger partial charge in [-0.15, -0.1) is 0 Å². The summed E-state index contributed by atoms with van der Waals surface area (Å²) < 4.78 is 33.4. The molecule has 8 heteroatoms. The Morgan fingerprint density at radius 3 is 2.34 bits per heavy atom. The van der Waals surface area contributed by atoms with E-state index in [9.17, 15) is 13.2 Å². The molecule has 0 heterocycles. The summed E-state index contributed by atoms with van der Waals surface area (Å²) in [5.41, 5.74) is 1.70. The molecule has 0 radical (unpaired) electrons. The third-order valence-corrected chi connectivity index (χ3v) is 6.05. The van der Waals surface area contributed by atoms with Crippen molar-refractivity contribution < 1.29 is 17.9 Å². The molecule has 150 valence electrons. The van der Waals surface area contributed by atoms with Gasteiger partial charge >= 0.3 is 0 Å². The molecule has 3 aromatic rings. The number of methoxy groups -OCH3 is 1. The van der Waals surface area contributed by atoms with Crippen molar-refractivity contribution in [2.45, 2.75) is 11.4 Å². The highest BCUT2D eigenvalue weighted by Crippen LogP contribution is 2.24. The molecule has 29 heavy (non-hydrogen) atoms. The van der Waals surface area contributed by atoms with E-state index in [1.807, 2.05) is 30.3 Å². The number of carbonyl (C=O) groups is 1. The van der Waals surface area contributed by atoms with Crippen LogP contribution >= 0.6 is 15.9 Å². The van der Waals surface area contributed by atoms with Crippen LogP contribution in [0, 0.1) is 0 Å². The first-order chi connectivity index (χ1) is 13.9. The molecule has 0 unspecified atom stereocenters. The van der Waals surface area contributed by atoms with Crippen LogP contribution < -0.4 is 14.8 Å². The van der Waals surface area contributed by atoms with Crippen molar-refractivity contribution in [3.8, 4) is 5.75 Å². The molecule has 0 atom stereocenters. The third kappa shape index (κ3) is 5.44. The van der Waals surface area contributed by atoms with Crippen LogP contribution in [0.15, 0.2) is 82.2 Å². The summed E-state index contributed by atoms with van der Waals surface area (Å²) >= 11 is 3.33. The summed E-state index contributed by atoms with van der Waals surface area (Å²) in [5, 5.41) is 2.74. The number of hydrogen-bond acceptors (Lipinski definition) is 4. The Hall–Kier alpha value is -2.68. The van der Waals surface area contributed by atoms with Gasteiger partial charge in [-0.1, -0.05) is 46.3 Å². The first kappa shape index (κ1) is 21.0. The lowest BCUT2D eigenvalue weighted by atomic mass is 10.2. The van der Waals surface area contributed by atoms with Crippen molar-refractivity contribution in [1.29, 1.82) is 0 Å². The Balaban J connectivity index is 1.70. The van der Waals surface area contributed by atoms with Gasteiger partial charge in [0.1, 0.15) is 5.75 Å². The van der Waals surface area contributed by atoms with Crippen LogP contribution in [0.1, 0.15) is 15.9 Å². The lowest BCUT2D eigenvalue weighted by molar-refractivity contribution is 0.102. The normalized spacial score (nSPS) is 11.1. The van der Waals surface area contributed by atoms with Crippen molar-refractivity contribution >= 4 is 37.5 Å². The maximum Gasteiger partial charge on any atom is 0.259 e. The number of carbonyl (C=O) groups excluding carboxylic acids is 1. The first-order valence-corrected chi connectivity index (χ1v) is 11.0. The van der Waals surface area contributed by atoms with Crippen molar-refractivity contribution in [2.75, 3.05) is 12.4 Å². The number of halogens is 1. The van der Waals surface area contributed by atoms with E-state index in [2.05, 4.69) is 26.0 Å². The second-order valence-electron chi connectivity index (χ2n) is 6.13. The fraction of sp³-hybridized carbons (Fsp3) is 0.0952. The summed E-state index contributed by atoms with van der Waals surface area (Å²) in [5.74, 6) is 0.0796. The van der Waals surface area contributed by atoms with E-state index >= 15 is 0 Å². The van der Waals surface area contributed by atoms with Crippen molar-refractivity contribution in [2.24, 2.45) is 0 Å². The van der Waals surface area contributed by atoms with E-state index in [1.165, 1.54) is 19.2 Å². The number of rotatable bonds is 7. The second-order valence-corrected chi connectivity index (χ2v) is 8.82. The molecular weight excluding hydrogens is 456 g/mol. The van der Waals surface area contributed by atoms with E-state index in [0.29, 0.717) is 17.0 Å². The average molecular weight is 475 g/mol. The summed E-state index contributed by atoms with van der Waals surface area (Å²) in [6.45, 7) is 0.199. The maximum atomic E-state index is 12.5. The van der Waals surface area contributed by atoms with Gasteiger partial charge in [0, 0.05) is 16.7 Å². The number of anilines is 1. The Bertz CT molecular complexity index is 1100. The molecule has 0 fully saturated rings. The molecule has 0 aliphatic rings. The van der Waals surface area contributed by atoms with Gasteiger partial charge in [0.05, 0.1) is 17.6 Å². The quantitative estimate of drug-likeness (QED) is 0.537. The fourth-order valence-corrected chi connectivity index (χ4v) is 4.01. The van der Waals surface area contributed by atoms with Crippen LogP contribution in [-0.4, -0.2) is 21.4 Å². The van der Waals surface area contributed by atoms with Crippen molar-refractivity contribution in [3.05, 3.63) is 88.4 Å². The highest BCUT2D eigenvalue weighted by molar-refractivity contribution is 9.10. The molecule has 3 aromatic carbocycles. The molecule has 6 nitrogen and oxygen atoms in total. The Morgan fingerprint density at radius 2 is 1.69 bits per heavy atom. The zero-order valence-corrected chi connectivity index (χ0v) is 18.0. The molecule has 0 aliphatic carbocycles. The SMILES string of the molecule is COc1ccc(Br)cc1C(=O)Nc1ccc(S(=O)(=O)NCc2ccccc2)cc1. The molecule has 2 N–H and O–H groups in total. The zero-order valence-electron chi connectivity index (χ0n) is 15.6. The van der Waals surface area contributed by atoms with E-state index in [-0.39, 0.29) is 17.3 Å². The summed E-state index contributed by atoms with van der Waals surface area (Å²) in [6.07, 6.45) is 0. The predicted molar refractivity (Wildman–Crippen MR) is 116 cm³/mol. The van der Waals surface area contributed by atoms with Gasteiger partial charge < -0.3 is 10.1 Å². The number of nitrogens with one attached hydrogen (secondary N) is 2. The summed E-state index contributed by atoms with van der Waals surface area (Å²) in [7, 11) is -2.17. The smallest absolute Gasteiger partial charge is 0.259 e. The Kier molecular flexibility index (Phi) is 6.68. The molecule has 0 saturated heterocycles. The number of benzene rings is 3. The number of sulfonamides is 1. The minimum atomic E-state index is -3.66. The van der Waals surface area contributed by atoms with Crippen molar-refractivity contribution in [1.82, 2.24) is 4.72 Å². The molecule has 0 bridgehead atoms. The number of ether oxygens (including phenoxy) is 1. The van der Waals surface area contributed by atoms with Gasteiger partial charge in [-0.3, -0.25) is 4.79 Å². The molecule has 0 spiro atoms. The van der Waals surface area contributed by atoms with E-state index in [4.69, 9.17) is 4.74 Å². The minimum Gasteiger partial charge on any atom is -0.496 e. The average Bonchev–Trinajstić information content (AvgIpc) is 2.73. The van der Waals surface area contributed by atoms with Gasteiger partial charge in [-0.05, 0) is 48.0 Å². The van der Waals surface area contributed by atoms with E-state index in [1.54, 1.807) is 30.3 Å². The monoisotopic (exact) mass is 474 g/mol. The zero-order chi connectivity index (χ0) is 20.9. The van der Waals surface area contributed by atoms with Gasteiger partial charge in [-0.25, -0.2) is 13.1 Å². The second kappa shape index (κ2) is 9.21. The van der Waals surface area contributed by atoms with Gasteiger partial charge in [0.15, 0.2) is 0 Å². The van der Waals surface area contributed by atoms with Crippen molar-refractivity contribution in [3.63, 3.8) is 0 Å². The number of amides is 1. The van der Waals surface area contributed by atoms with Gasteiger partial charge in [0.2, 0.25) is 10.0 Å². The molecule has 1 amide bonds. The highest BCUT2D eigenvalue weighted by atomic mass is 79.9. The maximum absolute atomic E-state index is 12.5. The molecule has 0 saturated carbocycles. The fourth-order valence-electron chi connectivity index (χ4n) is 2.63.